The van der Waals surface area contributed by atoms with E-state index in [1.54, 1.807) is 16.0 Å². The van der Waals surface area contributed by atoms with Crippen molar-refractivity contribution in [3.05, 3.63) is 22.8 Å². The number of aromatic nitrogens is 3. The zero-order chi connectivity index (χ0) is 9.97. The lowest BCUT2D eigenvalue weighted by atomic mass is 10.3. The Morgan fingerprint density at radius 3 is 3.07 bits per heavy atom. The molecule has 2 aromatic rings. The predicted octanol–water partition coefficient (Wildman–Crippen LogP) is 1.26. The molecule has 0 fully saturated rings. The SMILES string of the molecule is CNCc1nc(-c2cnn(C)c2)cs1. The average Bonchev–Trinajstić information content (AvgIpc) is 2.74. The number of hydrogen-bond acceptors (Lipinski definition) is 4. The van der Waals surface area contributed by atoms with Gasteiger partial charge in [0.05, 0.1) is 11.9 Å². The van der Waals surface area contributed by atoms with Crippen LogP contribution in [0, 0.1) is 0 Å². The standard InChI is InChI=1S/C9H12N4S/c1-10-4-9-12-8(6-14-9)7-3-11-13(2)5-7/h3,5-6,10H,4H2,1-2H3. The van der Waals surface area contributed by atoms with Gasteiger partial charge in [-0.15, -0.1) is 11.3 Å². The van der Waals surface area contributed by atoms with E-state index in [1.807, 2.05) is 26.5 Å². The molecule has 5 heteroatoms. The fourth-order valence-electron chi connectivity index (χ4n) is 1.23. The van der Waals surface area contributed by atoms with Gasteiger partial charge < -0.3 is 5.32 Å². The minimum atomic E-state index is 0.824. The quantitative estimate of drug-likeness (QED) is 0.826. The van der Waals surface area contributed by atoms with Gasteiger partial charge in [0.2, 0.25) is 0 Å². The lowest BCUT2D eigenvalue weighted by Gasteiger charge is -1.90. The van der Waals surface area contributed by atoms with Crippen molar-refractivity contribution in [1.82, 2.24) is 20.1 Å². The van der Waals surface area contributed by atoms with Gasteiger partial charge in [-0.2, -0.15) is 5.10 Å². The van der Waals surface area contributed by atoms with E-state index in [0.717, 1.165) is 22.8 Å². The molecule has 0 amide bonds. The van der Waals surface area contributed by atoms with E-state index >= 15 is 0 Å². The number of nitrogens with zero attached hydrogens (tertiary/aromatic N) is 3. The topological polar surface area (TPSA) is 42.7 Å². The van der Waals surface area contributed by atoms with Crippen molar-refractivity contribution in [2.24, 2.45) is 7.05 Å². The molecule has 0 aliphatic heterocycles. The first-order valence-electron chi connectivity index (χ1n) is 4.37. The monoisotopic (exact) mass is 208 g/mol. The number of aryl methyl sites for hydroxylation is 1. The third-order valence-electron chi connectivity index (χ3n) is 1.88. The maximum atomic E-state index is 4.49. The second-order valence-electron chi connectivity index (χ2n) is 3.06. The van der Waals surface area contributed by atoms with Crippen molar-refractivity contribution in [2.45, 2.75) is 6.54 Å². The van der Waals surface area contributed by atoms with Crippen LogP contribution < -0.4 is 5.32 Å². The Bertz CT molecular complexity index is 418. The van der Waals surface area contributed by atoms with Gasteiger partial charge in [0, 0.05) is 30.7 Å². The lowest BCUT2D eigenvalue weighted by molar-refractivity contribution is 0.768. The molecule has 0 saturated carbocycles. The summed E-state index contributed by atoms with van der Waals surface area (Å²) < 4.78 is 1.78. The van der Waals surface area contributed by atoms with Crippen LogP contribution in [0.1, 0.15) is 5.01 Å². The summed E-state index contributed by atoms with van der Waals surface area (Å²) in [5.74, 6) is 0. The molecule has 0 saturated heterocycles. The Hall–Kier alpha value is -1.20. The Morgan fingerprint density at radius 1 is 1.57 bits per heavy atom. The van der Waals surface area contributed by atoms with E-state index in [0.29, 0.717) is 0 Å². The van der Waals surface area contributed by atoms with Crippen LogP contribution in [0.2, 0.25) is 0 Å². The fraction of sp³-hybridized carbons (Fsp3) is 0.333. The van der Waals surface area contributed by atoms with Gasteiger partial charge in [-0.25, -0.2) is 4.98 Å². The zero-order valence-corrected chi connectivity index (χ0v) is 9.01. The highest BCUT2D eigenvalue weighted by Gasteiger charge is 2.05. The van der Waals surface area contributed by atoms with Gasteiger partial charge in [-0.05, 0) is 7.05 Å². The molecule has 74 valence electrons. The molecule has 0 spiro atoms. The van der Waals surface area contributed by atoms with Crippen molar-refractivity contribution in [3.8, 4) is 11.3 Å². The molecule has 0 aliphatic rings. The van der Waals surface area contributed by atoms with Crippen LogP contribution in [0.4, 0.5) is 0 Å². The number of thiazole rings is 1. The van der Waals surface area contributed by atoms with Crippen molar-refractivity contribution < 1.29 is 0 Å². The molecule has 0 bridgehead atoms. The molecule has 0 unspecified atom stereocenters. The molecular weight excluding hydrogens is 196 g/mol. The second-order valence-corrected chi connectivity index (χ2v) is 4.00. The Kier molecular flexibility index (Phi) is 2.60. The van der Waals surface area contributed by atoms with Crippen LogP contribution in [-0.2, 0) is 13.6 Å². The Morgan fingerprint density at radius 2 is 2.43 bits per heavy atom. The highest BCUT2D eigenvalue weighted by atomic mass is 32.1. The zero-order valence-electron chi connectivity index (χ0n) is 8.19. The molecule has 4 nitrogen and oxygen atoms in total. The normalized spacial score (nSPS) is 10.7. The maximum Gasteiger partial charge on any atom is 0.107 e. The van der Waals surface area contributed by atoms with Gasteiger partial charge in [0.25, 0.3) is 0 Å². The van der Waals surface area contributed by atoms with E-state index in [9.17, 15) is 0 Å². The molecule has 0 aliphatic carbocycles. The largest absolute Gasteiger partial charge is 0.314 e. The van der Waals surface area contributed by atoms with Crippen LogP contribution in [0.5, 0.6) is 0 Å². The number of hydrogen-bond donors (Lipinski definition) is 1. The molecule has 2 rings (SSSR count). The summed E-state index contributed by atoms with van der Waals surface area (Å²) in [6.45, 7) is 0.824. The van der Waals surface area contributed by atoms with Gasteiger partial charge in [-0.1, -0.05) is 0 Å². The average molecular weight is 208 g/mol. The lowest BCUT2D eigenvalue weighted by Crippen LogP contribution is -2.04. The number of rotatable bonds is 3. The molecule has 0 radical (unpaired) electrons. The summed E-state index contributed by atoms with van der Waals surface area (Å²) in [7, 11) is 3.83. The van der Waals surface area contributed by atoms with Crippen molar-refractivity contribution in [1.29, 1.82) is 0 Å². The molecule has 2 aromatic heterocycles. The Balaban J connectivity index is 2.24. The van der Waals surface area contributed by atoms with Crippen LogP contribution in [-0.4, -0.2) is 21.8 Å². The molecule has 2 heterocycles. The summed E-state index contributed by atoms with van der Waals surface area (Å²) in [4.78, 5) is 4.49. The summed E-state index contributed by atoms with van der Waals surface area (Å²) in [5, 5.41) is 10.4. The summed E-state index contributed by atoms with van der Waals surface area (Å²) in [6, 6.07) is 0. The van der Waals surface area contributed by atoms with Gasteiger partial charge in [0.15, 0.2) is 0 Å². The van der Waals surface area contributed by atoms with Crippen LogP contribution >= 0.6 is 11.3 Å². The van der Waals surface area contributed by atoms with E-state index < -0.39 is 0 Å². The van der Waals surface area contributed by atoms with Crippen LogP contribution in [0.3, 0.4) is 0 Å². The van der Waals surface area contributed by atoms with Crippen molar-refractivity contribution in [2.75, 3.05) is 7.05 Å². The van der Waals surface area contributed by atoms with Gasteiger partial charge in [-0.3, -0.25) is 4.68 Å². The summed E-state index contributed by atoms with van der Waals surface area (Å²) in [5.41, 5.74) is 2.08. The van der Waals surface area contributed by atoms with E-state index in [1.165, 1.54) is 0 Å². The van der Waals surface area contributed by atoms with Crippen molar-refractivity contribution in [3.63, 3.8) is 0 Å². The van der Waals surface area contributed by atoms with Gasteiger partial charge >= 0.3 is 0 Å². The first kappa shape index (κ1) is 9.36. The first-order chi connectivity index (χ1) is 6.79. The highest BCUT2D eigenvalue weighted by molar-refractivity contribution is 7.09. The minimum Gasteiger partial charge on any atom is -0.314 e. The Labute approximate surface area is 86.6 Å². The predicted molar refractivity (Wildman–Crippen MR) is 57.1 cm³/mol. The van der Waals surface area contributed by atoms with E-state index in [4.69, 9.17) is 0 Å². The molecular formula is C9H12N4S. The molecule has 0 aromatic carbocycles. The van der Waals surface area contributed by atoms with Crippen LogP contribution in [0.25, 0.3) is 11.3 Å². The summed E-state index contributed by atoms with van der Waals surface area (Å²) in [6.07, 6.45) is 3.80. The second kappa shape index (κ2) is 3.89. The third-order valence-corrected chi connectivity index (χ3v) is 2.73. The first-order valence-corrected chi connectivity index (χ1v) is 5.25. The fourth-order valence-corrected chi connectivity index (χ4v) is 2.04. The number of nitrogens with one attached hydrogen (secondary N) is 1. The summed E-state index contributed by atoms with van der Waals surface area (Å²) >= 11 is 1.67. The molecule has 0 atom stereocenters. The third kappa shape index (κ3) is 1.83. The van der Waals surface area contributed by atoms with Gasteiger partial charge in [0.1, 0.15) is 5.01 Å². The van der Waals surface area contributed by atoms with E-state index in [2.05, 4.69) is 20.8 Å². The molecule has 1 N–H and O–H groups in total. The molecule has 14 heavy (non-hydrogen) atoms. The minimum absolute atomic E-state index is 0.824. The van der Waals surface area contributed by atoms with Crippen LogP contribution in [0.15, 0.2) is 17.8 Å². The van der Waals surface area contributed by atoms with E-state index in [-0.39, 0.29) is 0 Å². The van der Waals surface area contributed by atoms with Crippen molar-refractivity contribution >= 4 is 11.3 Å². The highest BCUT2D eigenvalue weighted by Crippen LogP contribution is 2.20. The maximum absolute atomic E-state index is 4.49. The smallest absolute Gasteiger partial charge is 0.107 e.